The second kappa shape index (κ2) is 9.69. The smallest absolute Gasteiger partial charge is 0.206 e. The van der Waals surface area contributed by atoms with E-state index in [1.165, 1.54) is 0 Å². The minimum atomic E-state index is 0.136. The number of aromatic hydroxyl groups is 1. The number of phenols is 1. The maximum atomic E-state index is 10.2. The number of nitrogens with zero attached hydrogens (tertiary/aromatic N) is 8. The molecule has 4 aromatic rings. The Morgan fingerprint density at radius 2 is 2.00 bits per heavy atom. The van der Waals surface area contributed by atoms with Gasteiger partial charge in [-0.2, -0.15) is 5.10 Å². The molecule has 1 aliphatic rings. The first-order valence-corrected chi connectivity index (χ1v) is 11.3. The third kappa shape index (κ3) is 4.84. The van der Waals surface area contributed by atoms with Gasteiger partial charge >= 0.3 is 0 Å². The average molecular weight is 468 g/mol. The minimum absolute atomic E-state index is 0.136. The summed E-state index contributed by atoms with van der Waals surface area (Å²) in [4.78, 5) is 13.4. The molecule has 10 nitrogen and oxygen atoms in total. The molecule has 35 heavy (non-hydrogen) atoms. The number of hydrogen-bond donors (Lipinski definition) is 2. The first-order valence-electron chi connectivity index (χ1n) is 11.3. The number of hydrogen-bond acceptors (Lipinski definition) is 9. The highest BCUT2D eigenvalue weighted by Gasteiger charge is 2.27. The number of nitrogens with two attached hydrogens (primary N) is 1. The summed E-state index contributed by atoms with van der Waals surface area (Å²) in [6, 6.07) is 12.9. The van der Waals surface area contributed by atoms with E-state index < -0.39 is 0 Å². The summed E-state index contributed by atoms with van der Waals surface area (Å²) in [7, 11) is 0. The Balaban J connectivity index is 1.31. The van der Waals surface area contributed by atoms with Gasteiger partial charge in [-0.25, -0.2) is 9.97 Å². The van der Waals surface area contributed by atoms with Gasteiger partial charge in [0.25, 0.3) is 0 Å². The molecule has 1 atom stereocenters. The van der Waals surface area contributed by atoms with Crippen LogP contribution in [0, 0.1) is 11.8 Å². The Hall–Kier alpha value is -4.65. The van der Waals surface area contributed by atoms with Crippen LogP contribution in [0.15, 0.2) is 61.1 Å². The Kier molecular flexibility index (Phi) is 6.13. The van der Waals surface area contributed by atoms with E-state index in [1.807, 2.05) is 36.5 Å². The van der Waals surface area contributed by atoms with E-state index in [1.54, 1.807) is 29.2 Å². The van der Waals surface area contributed by atoms with Crippen molar-refractivity contribution < 1.29 is 5.11 Å². The van der Waals surface area contributed by atoms with Crippen molar-refractivity contribution in [3.63, 3.8) is 0 Å². The van der Waals surface area contributed by atoms with E-state index in [9.17, 15) is 5.11 Å². The van der Waals surface area contributed by atoms with Crippen LogP contribution in [0.4, 0.5) is 17.3 Å². The molecule has 1 saturated heterocycles. The van der Waals surface area contributed by atoms with Crippen molar-refractivity contribution in [2.24, 2.45) is 0 Å². The summed E-state index contributed by atoms with van der Waals surface area (Å²) in [5.74, 6) is 7.92. The third-order valence-electron chi connectivity index (χ3n) is 5.88. The minimum Gasteiger partial charge on any atom is -0.507 e. The number of nitrogen functional groups attached to an aromatic ring is 1. The van der Waals surface area contributed by atoms with Gasteiger partial charge in [0.1, 0.15) is 18.1 Å². The highest BCUT2D eigenvalue weighted by Crippen LogP contribution is 2.33. The maximum absolute atomic E-state index is 10.2. The summed E-state index contributed by atoms with van der Waals surface area (Å²) in [5.41, 5.74) is 8.22. The Labute approximate surface area is 203 Å². The second-order valence-corrected chi connectivity index (χ2v) is 8.25. The second-order valence-electron chi connectivity index (χ2n) is 8.25. The number of anilines is 3. The third-order valence-corrected chi connectivity index (χ3v) is 5.88. The quantitative estimate of drug-likeness (QED) is 0.435. The van der Waals surface area contributed by atoms with E-state index in [-0.39, 0.29) is 11.8 Å². The summed E-state index contributed by atoms with van der Waals surface area (Å²) in [6.45, 7) is 4.83. The molecular weight excluding hydrogens is 442 g/mol. The highest BCUT2D eigenvalue weighted by molar-refractivity contribution is 5.74. The fraction of sp³-hybridized carbons (Fsp3) is 0.240. The van der Waals surface area contributed by atoms with Gasteiger partial charge in [0, 0.05) is 49.8 Å². The van der Waals surface area contributed by atoms with Crippen molar-refractivity contribution in [2.45, 2.75) is 19.5 Å². The molecule has 1 aromatic carbocycles. The fourth-order valence-corrected chi connectivity index (χ4v) is 4.15. The van der Waals surface area contributed by atoms with E-state index in [0.29, 0.717) is 29.4 Å². The van der Waals surface area contributed by atoms with Crippen LogP contribution >= 0.6 is 0 Å². The van der Waals surface area contributed by atoms with Crippen LogP contribution in [-0.4, -0.2) is 60.7 Å². The number of benzene rings is 1. The van der Waals surface area contributed by atoms with Gasteiger partial charge in [0.2, 0.25) is 5.82 Å². The Morgan fingerprint density at radius 1 is 1.11 bits per heavy atom. The van der Waals surface area contributed by atoms with Crippen LogP contribution in [0.2, 0.25) is 0 Å². The molecule has 3 aromatic heterocycles. The molecule has 0 saturated carbocycles. The average Bonchev–Trinajstić information content (AvgIpc) is 3.39. The van der Waals surface area contributed by atoms with Crippen LogP contribution < -0.4 is 15.5 Å². The number of rotatable bonds is 4. The largest absolute Gasteiger partial charge is 0.507 e. The molecule has 10 heteroatoms. The Bertz CT molecular complexity index is 1380. The highest BCUT2D eigenvalue weighted by atomic mass is 16.3. The molecule has 0 bridgehead atoms. The van der Waals surface area contributed by atoms with Gasteiger partial charge in [0.15, 0.2) is 5.82 Å². The number of phenolic OH excluding ortho intramolecular Hbond substituents is 1. The first kappa shape index (κ1) is 22.2. The van der Waals surface area contributed by atoms with E-state index >= 15 is 0 Å². The van der Waals surface area contributed by atoms with Crippen molar-refractivity contribution in [3.8, 4) is 28.8 Å². The standard InChI is InChI=1S/C25H25N9O/c1-18-17-32(24-9-11-27-23(29-24)8-4-12-33-13-5-10-28-33)14-15-34(18)21-16-20(30-31-25(21)26)19-6-2-3-7-22(19)35/h2-3,5-7,9-11,13,16,18,35H,12,14-15,17H2,1H3,(H2,26,31)/t18-/m1/s1. The molecular formula is C25H25N9O. The lowest BCUT2D eigenvalue weighted by atomic mass is 10.1. The molecule has 0 amide bonds. The van der Waals surface area contributed by atoms with Gasteiger partial charge in [-0.1, -0.05) is 18.1 Å². The van der Waals surface area contributed by atoms with E-state index in [4.69, 9.17) is 5.73 Å². The lowest BCUT2D eigenvalue weighted by molar-refractivity contribution is 0.477. The summed E-state index contributed by atoms with van der Waals surface area (Å²) >= 11 is 0. The van der Waals surface area contributed by atoms with Gasteiger partial charge in [-0.15, -0.1) is 10.2 Å². The summed E-state index contributed by atoms with van der Waals surface area (Å²) in [6.07, 6.45) is 5.33. The zero-order valence-electron chi connectivity index (χ0n) is 19.3. The van der Waals surface area contributed by atoms with Gasteiger partial charge in [-0.05, 0) is 43.2 Å². The van der Waals surface area contributed by atoms with E-state index in [0.717, 1.165) is 31.1 Å². The van der Waals surface area contributed by atoms with Crippen molar-refractivity contribution in [2.75, 3.05) is 35.2 Å². The molecule has 1 aliphatic heterocycles. The monoisotopic (exact) mass is 467 g/mol. The Morgan fingerprint density at radius 3 is 2.80 bits per heavy atom. The molecule has 1 fully saturated rings. The first-order chi connectivity index (χ1) is 17.1. The maximum Gasteiger partial charge on any atom is 0.206 e. The van der Waals surface area contributed by atoms with Crippen molar-refractivity contribution in [3.05, 3.63) is 66.9 Å². The summed E-state index contributed by atoms with van der Waals surface area (Å²) < 4.78 is 1.75. The lowest BCUT2D eigenvalue weighted by Crippen LogP contribution is -2.52. The predicted octanol–water partition coefficient (Wildman–Crippen LogP) is 2.18. The van der Waals surface area contributed by atoms with Crippen molar-refractivity contribution >= 4 is 17.3 Å². The van der Waals surface area contributed by atoms with Crippen LogP contribution in [0.5, 0.6) is 5.75 Å². The predicted molar refractivity (Wildman–Crippen MR) is 134 cm³/mol. The summed E-state index contributed by atoms with van der Waals surface area (Å²) in [5, 5.41) is 22.7. The zero-order chi connectivity index (χ0) is 24.2. The van der Waals surface area contributed by atoms with Crippen LogP contribution in [0.3, 0.4) is 0 Å². The molecule has 0 radical (unpaired) electrons. The molecule has 0 unspecified atom stereocenters. The van der Waals surface area contributed by atoms with Gasteiger partial charge in [0.05, 0.1) is 11.4 Å². The number of aromatic nitrogens is 6. The fourth-order valence-electron chi connectivity index (χ4n) is 4.15. The molecule has 4 heterocycles. The van der Waals surface area contributed by atoms with Crippen LogP contribution in [0.25, 0.3) is 11.3 Å². The molecule has 3 N–H and O–H groups in total. The lowest BCUT2D eigenvalue weighted by Gasteiger charge is -2.41. The van der Waals surface area contributed by atoms with E-state index in [2.05, 4.69) is 53.8 Å². The number of para-hydroxylation sites is 1. The SMILES string of the molecule is C[C@@H]1CN(c2ccnc(C#CCn3cccn3)n2)CCN1c1cc(-c2ccccc2O)nnc1N. The van der Waals surface area contributed by atoms with Gasteiger partial charge in [-0.3, -0.25) is 4.68 Å². The normalized spacial score (nSPS) is 15.5. The van der Waals surface area contributed by atoms with Crippen molar-refractivity contribution in [1.82, 2.24) is 29.9 Å². The zero-order valence-corrected chi connectivity index (χ0v) is 19.3. The molecule has 0 spiro atoms. The van der Waals surface area contributed by atoms with Crippen LogP contribution in [-0.2, 0) is 6.54 Å². The van der Waals surface area contributed by atoms with Gasteiger partial charge < -0.3 is 20.6 Å². The van der Waals surface area contributed by atoms with Crippen LogP contribution in [0.1, 0.15) is 12.7 Å². The molecule has 176 valence electrons. The van der Waals surface area contributed by atoms with Crippen molar-refractivity contribution in [1.29, 1.82) is 0 Å². The topological polar surface area (TPSA) is 122 Å². The number of piperazine rings is 1. The molecule has 0 aliphatic carbocycles. The molecule has 5 rings (SSSR count).